The summed E-state index contributed by atoms with van der Waals surface area (Å²) in [7, 11) is 0. The Kier molecular flexibility index (Phi) is 15.3. The molecule has 1 fully saturated rings. The van der Waals surface area contributed by atoms with E-state index in [9.17, 15) is 19.8 Å². The minimum atomic E-state index is -0.834. The van der Waals surface area contributed by atoms with E-state index in [1.54, 1.807) is 4.90 Å². The van der Waals surface area contributed by atoms with Crippen LogP contribution in [0.25, 0.3) is 0 Å². The third kappa shape index (κ3) is 11.5. The molecular formula is C33H56N2O7. The molecule has 0 unspecified atom stereocenters. The normalized spacial score (nSPS) is 32.2. The number of carbonyl (C=O) groups excluding carboxylic acids is 2. The monoisotopic (exact) mass is 592 g/mol. The summed E-state index contributed by atoms with van der Waals surface area (Å²) in [6.45, 7) is 15.2. The molecule has 4 N–H and O–H groups in total. The Morgan fingerprint density at radius 1 is 1.24 bits per heavy atom. The zero-order chi connectivity index (χ0) is 31.4. The van der Waals surface area contributed by atoms with Crippen LogP contribution < -0.4 is 5.73 Å². The number of aliphatic hydroxyl groups excluding tert-OH is 2. The number of likely N-dealkylation sites (N-methyl/N-ethyl adjacent to an activating group) is 1. The Bertz CT molecular complexity index is 935. The summed E-state index contributed by atoms with van der Waals surface area (Å²) in [5, 5.41) is 20.6. The first-order chi connectivity index (χ1) is 19.9. The van der Waals surface area contributed by atoms with Gasteiger partial charge in [-0.25, -0.2) is 4.79 Å². The number of carbonyl (C=O) groups is 2. The van der Waals surface area contributed by atoms with Crippen molar-refractivity contribution in [3.8, 4) is 0 Å². The Balaban J connectivity index is 2.14. The molecule has 0 aromatic heterocycles. The van der Waals surface area contributed by atoms with Gasteiger partial charge in [-0.1, -0.05) is 58.9 Å². The highest BCUT2D eigenvalue weighted by atomic mass is 16.6. The highest BCUT2D eigenvalue weighted by Gasteiger charge is 2.44. The summed E-state index contributed by atoms with van der Waals surface area (Å²) < 4.78 is 17.6. The van der Waals surface area contributed by atoms with E-state index in [4.69, 9.17) is 19.9 Å². The molecule has 1 amide bonds. The number of esters is 1. The number of epoxide rings is 1. The van der Waals surface area contributed by atoms with Gasteiger partial charge in [0.1, 0.15) is 12.2 Å². The van der Waals surface area contributed by atoms with Gasteiger partial charge in [0.25, 0.3) is 0 Å². The average Bonchev–Trinajstić information content (AvgIpc) is 3.72. The lowest BCUT2D eigenvalue weighted by molar-refractivity contribution is -0.151. The van der Waals surface area contributed by atoms with Crippen LogP contribution in [0.3, 0.4) is 0 Å². The number of allylic oxidation sites excluding steroid dienone is 3. The summed E-state index contributed by atoms with van der Waals surface area (Å²) in [5.41, 5.74) is 6.53. The van der Waals surface area contributed by atoms with Crippen molar-refractivity contribution in [2.75, 3.05) is 19.6 Å². The first-order valence-corrected chi connectivity index (χ1v) is 15.8. The maximum absolute atomic E-state index is 12.8. The van der Waals surface area contributed by atoms with Gasteiger partial charge < -0.3 is 35.1 Å². The minimum Gasteiger partial charge on any atom is -0.457 e. The van der Waals surface area contributed by atoms with E-state index in [0.717, 1.165) is 18.4 Å². The second-order valence-corrected chi connectivity index (χ2v) is 12.3. The van der Waals surface area contributed by atoms with Crippen molar-refractivity contribution in [2.45, 2.75) is 117 Å². The van der Waals surface area contributed by atoms with Crippen LogP contribution in [0.1, 0.15) is 80.6 Å². The molecule has 10 atom stereocenters. The standard InChI is InChI=1S/C33H56N2O7/c1-8-27(37)25(7)32-29(40-32)19-21(3)11-10-12-23(5)31-24(6)14-16-28(41-33(39)35(9-2)18-17-34)22(4)13-15-26(36)20-30(38)42-31/h10-12,14,16,21-22,24-29,31-32,36-37H,8-9,13,15,17-20,34H2,1-7H3/b11-10+,16-14+,23-12+/t21-,22+,24+,25-,26-,27+,28+,29-,31-,32-/m1/s1. The molecule has 0 radical (unpaired) electrons. The molecule has 0 aromatic carbocycles. The third-order valence-electron chi connectivity index (χ3n) is 8.55. The fourth-order valence-electron chi connectivity index (χ4n) is 5.51. The first-order valence-electron chi connectivity index (χ1n) is 15.8. The second-order valence-electron chi connectivity index (χ2n) is 12.3. The van der Waals surface area contributed by atoms with Crippen molar-refractivity contribution in [2.24, 2.45) is 29.4 Å². The van der Waals surface area contributed by atoms with Gasteiger partial charge in [-0.05, 0) is 63.0 Å². The molecule has 0 saturated carbocycles. The summed E-state index contributed by atoms with van der Waals surface area (Å²) in [4.78, 5) is 27.1. The molecule has 0 aromatic rings. The molecule has 2 heterocycles. The van der Waals surface area contributed by atoms with Gasteiger partial charge in [-0.2, -0.15) is 0 Å². The van der Waals surface area contributed by atoms with Crippen LogP contribution in [-0.4, -0.2) is 83.4 Å². The molecule has 0 bridgehead atoms. The summed E-state index contributed by atoms with van der Waals surface area (Å²) >= 11 is 0. The topological polar surface area (TPSA) is 135 Å². The highest BCUT2D eigenvalue weighted by Crippen LogP contribution is 2.36. The van der Waals surface area contributed by atoms with E-state index in [2.05, 4.69) is 13.0 Å². The van der Waals surface area contributed by atoms with Crippen LogP contribution in [0.5, 0.6) is 0 Å². The van der Waals surface area contributed by atoms with Crippen LogP contribution in [0, 0.1) is 23.7 Å². The second kappa shape index (κ2) is 17.8. The van der Waals surface area contributed by atoms with Crippen LogP contribution in [0.4, 0.5) is 4.79 Å². The molecule has 9 heteroatoms. The molecule has 2 rings (SSSR count). The Morgan fingerprint density at radius 3 is 2.60 bits per heavy atom. The van der Waals surface area contributed by atoms with Gasteiger partial charge in [0.15, 0.2) is 0 Å². The fraction of sp³-hybridized carbons (Fsp3) is 0.758. The maximum Gasteiger partial charge on any atom is 0.410 e. The van der Waals surface area contributed by atoms with Crippen molar-refractivity contribution in [3.05, 3.63) is 36.0 Å². The van der Waals surface area contributed by atoms with Crippen molar-refractivity contribution in [1.82, 2.24) is 4.90 Å². The van der Waals surface area contributed by atoms with Gasteiger partial charge in [-0.3, -0.25) is 4.79 Å². The van der Waals surface area contributed by atoms with E-state index >= 15 is 0 Å². The van der Waals surface area contributed by atoms with Gasteiger partial charge in [0, 0.05) is 31.5 Å². The zero-order valence-corrected chi connectivity index (χ0v) is 26.8. The van der Waals surface area contributed by atoms with Gasteiger partial charge in [-0.15, -0.1) is 0 Å². The lowest BCUT2D eigenvalue weighted by Crippen LogP contribution is -2.38. The number of aliphatic hydroxyl groups is 2. The smallest absolute Gasteiger partial charge is 0.410 e. The van der Waals surface area contributed by atoms with Gasteiger partial charge in [0.05, 0.1) is 30.8 Å². The molecule has 0 spiro atoms. The van der Waals surface area contributed by atoms with Crippen LogP contribution in [0.2, 0.25) is 0 Å². The van der Waals surface area contributed by atoms with E-state index in [1.807, 2.05) is 65.8 Å². The Morgan fingerprint density at radius 2 is 1.95 bits per heavy atom. The number of hydrogen-bond acceptors (Lipinski definition) is 8. The number of amides is 1. The van der Waals surface area contributed by atoms with E-state index in [0.29, 0.717) is 32.5 Å². The zero-order valence-electron chi connectivity index (χ0n) is 26.8. The number of cyclic esters (lactones) is 1. The average molecular weight is 593 g/mol. The lowest BCUT2D eigenvalue weighted by Gasteiger charge is -2.29. The number of hydrogen-bond donors (Lipinski definition) is 3. The molecule has 9 nitrogen and oxygen atoms in total. The predicted octanol–water partition coefficient (Wildman–Crippen LogP) is 4.76. The van der Waals surface area contributed by atoms with Crippen molar-refractivity contribution in [3.63, 3.8) is 0 Å². The lowest BCUT2D eigenvalue weighted by atomic mass is 9.92. The predicted molar refractivity (Wildman–Crippen MR) is 165 cm³/mol. The SMILES string of the molecule is CC[C@H](O)[C@@H](C)[C@H]1O[C@@H]1C[C@H](C)/C=C/C=C(\C)[C@H]1OC(=O)C[C@H](O)CC[C@H](C)[C@@H](OC(=O)N(CC)CCN)/C=C/[C@@H]1C. The first kappa shape index (κ1) is 36.0. The minimum absolute atomic E-state index is 0.0538. The molecule has 2 aliphatic rings. The van der Waals surface area contributed by atoms with Crippen molar-refractivity contribution in [1.29, 1.82) is 0 Å². The van der Waals surface area contributed by atoms with Crippen molar-refractivity contribution < 1.29 is 34.0 Å². The molecule has 240 valence electrons. The van der Waals surface area contributed by atoms with E-state index in [1.165, 1.54) is 0 Å². The molecule has 1 saturated heterocycles. The summed E-state index contributed by atoms with van der Waals surface area (Å²) in [6, 6.07) is 0. The molecule has 2 aliphatic heterocycles. The quantitative estimate of drug-likeness (QED) is 0.128. The molecular weight excluding hydrogens is 536 g/mol. The summed E-state index contributed by atoms with van der Waals surface area (Å²) in [5.74, 6) is -0.277. The van der Waals surface area contributed by atoms with Gasteiger partial charge in [0.2, 0.25) is 0 Å². The van der Waals surface area contributed by atoms with Gasteiger partial charge >= 0.3 is 12.1 Å². The Hall–Kier alpha value is -2.20. The van der Waals surface area contributed by atoms with Crippen LogP contribution in [-0.2, 0) is 19.0 Å². The van der Waals surface area contributed by atoms with Crippen molar-refractivity contribution >= 4 is 12.1 Å². The van der Waals surface area contributed by atoms with Crippen LogP contribution in [0.15, 0.2) is 36.0 Å². The summed E-state index contributed by atoms with van der Waals surface area (Å²) in [6.07, 6.45) is 10.1. The fourth-order valence-corrected chi connectivity index (χ4v) is 5.51. The molecule has 0 aliphatic carbocycles. The maximum atomic E-state index is 12.8. The Labute approximate surface area is 253 Å². The largest absolute Gasteiger partial charge is 0.457 e. The van der Waals surface area contributed by atoms with E-state index < -0.39 is 30.4 Å². The third-order valence-corrected chi connectivity index (χ3v) is 8.55. The number of ether oxygens (including phenoxy) is 3. The number of rotatable bonds is 12. The van der Waals surface area contributed by atoms with Crippen LogP contribution >= 0.6 is 0 Å². The molecule has 42 heavy (non-hydrogen) atoms. The van der Waals surface area contributed by atoms with E-state index in [-0.39, 0.29) is 48.4 Å². The number of nitrogens with two attached hydrogens (primary N) is 1. The highest BCUT2D eigenvalue weighted by molar-refractivity contribution is 5.70. The number of nitrogens with zero attached hydrogens (tertiary/aromatic N) is 1.